The van der Waals surface area contributed by atoms with Crippen molar-refractivity contribution in [1.82, 2.24) is 18.7 Å². The van der Waals surface area contributed by atoms with Gasteiger partial charge >= 0.3 is 11.2 Å². The summed E-state index contributed by atoms with van der Waals surface area (Å²) >= 11 is 0. The van der Waals surface area contributed by atoms with Crippen molar-refractivity contribution in [3.8, 4) is 5.69 Å². The van der Waals surface area contributed by atoms with Crippen LogP contribution in [-0.2, 0) is 6.54 Å². The molecule has 1 saturated carbocycles. The van der Waals surface area contributed by atoms with E-state index in [4.69, 9.17) is 0 Å². The molecule has 6 heteroatoms. The molecule has 0 bridgehead atoms. The summed E-state index contributed by atoms with van der Waals surface area (Å²) in [5, 5.41) is 4.35. The van der Waals surface area contributed by atoms with Crippen LogP contribution < -0.4 is 11.2 Å². The Morgan fingerprint density at radius 3 is 2.64 bits per heavy atom. The normalized spacial score (nSPS) is 15.3. The molecule has 2 heterocycles. The van der Waals surface area contributed by atoms with Gasteiger partial charge in [-0.25, -0.2) is 13.9 Å². The van der Waals surface area contributed by atoms with E-state index in [-0.39, 0.29) is 16.9 Å². The van der Waals surface area contributed by atoms with Crippen molar-refractivity contribution in [2.45, 2.75) is 46.1 Å². The zero-order valence-corrected chi connectivity index (χ0v) is 14.6. The summed E-state index contributed by atoms with van der Waals surface area (Å²) in [6, 6.07) is 5.98. The Labute approximate surface area is 145 Å². The molecule has 1 fully saturated rings. The van der Waals surface area contributed by atoms with Gasteiger partial charge in [-0.1, -0.05) is 25.0 Å². The van der Waals surface area contributed by atoms with Crippen LogP contribution in [0.4, 0.5) is 0 Å². The Morgan fingerprint density at radius 2 is 1.88 bits per heavy atom. The highest BCUT2D eigenvalue weighted by Gasteiger charge is 2.19. The highest BCUT2D eigenvalue weighted by atomic mass is 16.2. The summed E-state index contributed by atoms with van der Waals surface area (Å²) < 4.78 is 4.39. The van der Waals surface area contributed by atoms with Gasteiger partial charge in [-0.3, -0.25) is 9.36 Å². The maximum absolute atomic E-state index is 12.9. The Kier molecular flexibility index (Phi) is 3.82. The van der Waals surface area contributed by atoms with Gasteiger partial charge in [0.05, 0.1) is 5.69 Å². The molecule has 6 nitrogen and oxygen atoms in total. The maximum atomic E-state index is 12.9. The maximum Gasteiger partial charge on any atom is 0.350 e. The molecule has 0 N–H and O–H groups in total. The molecule has 1 aliphatic rings. The van der Waals surface area contributed by atoms with Gasteiger partial charge < -0.3 is 0 Å². The first kappa shape index (κ1) is 15.9. The summed E-state index contributed by atoms with van der Waals surface area (Å²) in [5.74, 6) is 0.490. The minimum Gasteiger partial charge on any atom is -0.279 e. The molecule has 0 saturated heterocycles. The number of nitrogens with zero attached hydrogens (tertiary/aromatic N) is 4. The number of fused-ring (bicyclic) bond motifs is 1. The molecule has 0 radical (unpaired) electrons. The van der Waals surface area contributed by atoms with Crippen LogP contribution in [-0.4, -0.2) is 18.7 Å². The van der Waals surface area contributed by atoms with Crippen LogP contribution in [0.15, 0.2) is 40.2 Å². The molecule has 1 aromatic carbocycles. The van der Waals surface area contributed by atoms with Gasteiger partial charge in [-0.05, 0) is 49.8 Å². The first-order chi connectivity index (χ1) is 12.0. The fourth-order valence-electron chi connectivity index (χ4n) is 3.73. The number of aryl methyl sites for hydroxylation is 2. The van der Waals surface area contributed by atoms with Crippen LogP contribution in [0.5, 0.6) is 0 Å². The van der Waals surface area contributed by atoms with Crippen molar-refractivity contribution < 1.29 is 0 Å². The average molecular weight is 338 g/mol. The molecule has 0 unspecified atom stereocenters. The highest BCUT2D eigenvalue weighted by molar-refractivity contribution is 5.46. The van der Waals surface area contributed by atoms with E-state index >= 15 is 0 Å². The number of hydrogen-bond donors (Lipinski definition) is 0. The van der Waals surface area contributed by atoms with Gasteiger partial charge in [-0.15, -0.1) is 5.10 Å². The van der Waals surface area contributed by atoms with E-state index < -0.39 is 0 Å². The lowest BCUT2D eigenvalue weighted by Gasteiger charge is -2.09. The van der Waals surface area contributed by atoms with E-state index in [1.165, 1.54) is 21.9 Å². The summed E-state index contributed by atoms with van der Waals surface area (Å²) in [5.41, 5.74) is 2.60. The van der Waals surface area contributed by atoms with Crippen LogP contribution in [0.1, 0.15) is 36.8 Å². The van der Waals surface area contributed by atoms with Crippen molar-refractivity contribution >= 4 is 5.65 Å². The third-order valence-corrected chi connectivity index (χ3v) is 5.18. The molecule has 2 aromatic heterocycles. The fraction of sp³-hybridized carbons (Fsp3) is 0.421. The smallest absolute Gasteiger partial charge is 0.279 e. The Hall–Kier alpha value is -2.63. The zero-order valence-electron chi connectivity index (χ0n) is 14.6. The second kappa shape index (κ2) is 6.02. The molecule has 0 aliphatic heterocycles. The predicted molar refractivity (Wildman–Crippen MR) is 96.5 cm³/mol. The van der Waals surface area contributed by atoms with Gasteiger partial charge in [0.2, 0.25) is 5.65 Å². The minimum atomic E-state index is -0.265. The standard InChI is InChI=1S/C19H22N4O2/c1-13-7-8-14(2)16(11-13)21-9-10-22-17(18(21)24)20-23(19(22)25)12-15-5-3-4-6-15/h7-11,15H,3-6,12H2,1-2H3. The second-order valence-electron chi connectivity index (χ2n) is 7.07. The Balaban J connectivity index is 1.84. The van der Waals surface area contributed by atoms with Gasteiger partial charge in [0.15, 0.2) is 0 Å². The van der Waals surface area contributed by atoms with E-state index in [2.05, 4.69) is 5.10 Å². The van der Waals surface area contributed by atoms with Gasteiger partial charge in [-0.2, -0.15) is 0 Å². The Morgan fingerprint density at radius 1 is 1.12 bits per heavy atom. The summed E-state index contributed by atoms with van der Waals surface area (Å²) in [6.07, 6.45) is 7.98. The molecule has 0 spiro atoms. The highest BCUT2D eigenvalue weighted by Crippen LogP contribution is 2.25. The molecule has 4 rings (SSSR count). The van der Waals surface area contributed by atoms with Crippen molar-refractivity contribution in [2.24, 2.45) is 5.92 Å². The fourth-order valence-corrected chi connectivity index (χ4v) is 3.73. The van der Waals surface area contributed by atoms with Crippen LogP contribution in [0, 0.1) is 19.8 Å². The largest absolute Gasteiger partial charge is 0.350 e. The van der Waals surface area contributed by atoms with Crippen LogP contribution in [0.3, 0.4) is 0 Å². The second-order valence-corrected chi connectivity index (χ2v) is 7.07. The SMILES string of the molecule is Cc1ccc(C)c(-n2ccn3c(=O)n(CC4CCCC4)nc3c2=O)c1. The number of rotatable bonds is 3. The zero-order chi connectivity index (χ0) is 17.6. The molecule has 0 amide bonds. The lowest BCUT2D eigenvalue weighted by molar-refractivity contribution is 0.420. The molecular weight excluding hydrogens is 316 g/mol. The van der Waals surface area contributed by atoms with Crippen molar-refractivity contribution in [3.63, 3.8) is 0 Å². The van der Waals surface area contributed by atoms with Gasteiger partial charge in [0.25, 0.3) is 0 Å². The number of benzene rings is 1. The lowest BCUT2D eigenvalue weighted by atomic mass is 10.1. The first-order valence-electron chi connectivity index (χ1n) is 8.83. The lowest BCUT2D eigenvalue weighted by Crippen LogP contribution is -2.25. The van der Waals surface area contributed by atoms with Crippen molar-refractivity contribution in [2.75, 3.05) is 0 Å². The van der Waals surface area contributed by atoms with E-state index in [0.717, 1.165) is 29.7 Å². The minimum absolute atomic E-state index is 0.186. The van der Waals surface area contributed by atoms with Crippen molar-refractivity contribution in [1.29, 1.82) is 0 Å². The molecule has 25 heavy (non-hydrogen) atoms. The molecule has 3 aromatic rings. The third-order valence-electron chi connectivity index (χ3n) is 5.18. The van der Waals surface area contributed by atoms with E-state index in [1.807, 2.05) is 32.0 Å². The summed E-state index contributed by atoms with van der Waals surface area (Å²) in [6.45, 7) is 4.56. The van der Waals surface area contributed by atoms with E-state index in [0.29, 0.717) is 12.5 Å². The topological polar surface area (TPSA) is 61.3 Å². The van der Waals surface area contributed by atoms with Gasteiger partial charge in [0, 0.05) is 18.9 Å². The third kappa shape index (κ3) is 2.71. The van der Waals surface area contributed by atoms with Crippen LogP contribution in [0.25, 0.3) is 11.3 Å². The average Bonchev–Trinajstić information content (AvgIpc) is 3.21. The molecule has 0 atom stereocenters. The van der Waals surface area contributed by atoms with Crippen LogP contribution >= 0.6 is 0 Å². The summed E-state index contributed by atoms with van der Waals surface area (Å²) in [7, 11) is 0. The molecule has 130 valence electrons. The van der Waals surface area contributed by atoms with E-state index in [1.54, 1.807) is 17.0 Å². The van der Waals surface area contributed by atoms with Crippen molar-refractivity contribution in [3.05, 3.63) is 62.6 Å². The van der Waals surface area contributed by atoms with Gasteiger partial charge in [0.1, 0.15) is 0 Å². The summed E-state index contributed by atoms with van der Waals surface area (Å²) in [4.78, 5) is 25.5. The molecule has 1 aliphatic carbocycles. The van der Waals surface area contributed by atoms with E-state index in [9.17, 15) is 9.59 Å². The number of hydrogen-bond acceptors (Lipinski definition) is 3. The first-order valence-corrected chi connectivity index (χ1v) is 8.83. The molecular formula is C19H22N4O2. The Bertz CT molecular complexity index is 1050. The monoisotopic (exact) mass is 338 g/mol. The predicted octanol–water partition coefficient (Wildman–Crippen LogP) is 2.45. The quantitative estimate of drug-likeness (QED) is 0.737. The number of aromatic nitrogens is 4. The van der Waals surface area contributed by atoms with Crippen LogP contribution in [0.2, 0.25) is 0 Å².